The first-order valence-corrected chi connectivity index (χ1v) is 10.4. The first-order chi connectivity index (χ1) is 15.0. The fourth-order valence-corrected chi connectivity index (χ4v) is 3.23. The van der Waals surface area contributed by atoms with E-state index in [4.69, 9.17) is 0 Å². The summed E-state index contributed by atoms with van der Waals surface area (Å²) in [6.07, 6.45) is 5.95. The third-order valence-corrected chi connectivity index (χ3v) is 4.81. The minimum atomic E-state index is -0.712. The summed E-state index contributed by atoms with van der Waals surface area (Å²) in [6.45, 7) is 6.15. The lowest BCUT2D eigenvalue weighted by atomic mass is 10.2. The minimum Gasteiger partial charge on any atom is -0.374 e. The molecule has 0 amide bonds. The molecule has 3 N–H and O–H groups in total. The van der Waals surface area contributed by atoms with Crippen molar-refractivity contribution in [1.29, 1.82) is 0 Å². The predicted molar refractivity (Wildman–Crippen MR) is 121 cm³/mol. The van der Waals surface area contributed by atoms with E-state index in [0.29, 0.717) is 35.2 Å². The summed E-state index contributed by atoms with van der Waals surface area (Å²) in [7, 11) is 0. The molecule has 1 atom stereocenters. The van der Waals surface area contributed by atoms with E-state index in [1.807, 2.05) is 35.8 Å². The molecule has 9 nitrogen and oxygen atoms in total. The van der Waals surface area contributed by atoms with E-state index in [2.05, 4.69) is 49.4 Å². The van der Waals surface area contributed by atoms with Crippen molar-refractivity contribution in [2.75, 3.05) is 10.6 Å². The summed E-state index contributed by atoms with van der Waals surface area (Å²) in [5.41, 5.74) is 3.14. The van der Waals surface area contributed by atoms with Crippen LogP contribution in [0.1, 0.15) is 39.7 Å². The van der Waals surface area contributed by atoms with E-state index in [-0.39, 0.29) is 6.04 Å². The number of nitrogens with zero attached hydrogens (tertiary/aromatic N) is 6. The Morgan fingerprint density at radius 2 is 1.77 bits per heavy atom. The molecule has 4 aromatic rings. The maximum absolute atomic E-state index is 10.2. The van der Waals surface area contributed by atoms with Crippen LogP contribution in [-0.2, 0) is 0 Å². The number of benzene rings is 1. The molecule has 0 saturated carbocycles. The summed E-state index contributed by atoms with van der Waals surface area (Å²) < 4.78 is 1.98. The molecular formula is C22H26N8O. The highest BCUT2D eigenvalue weighted by atomic mass is 16.3. The van der Waals surface area contributed by atoms with Gasteiger partial charge in [-0.1, -0.05) is 13.3 Å². The van der Waals surface area contributed by atoms with Crippen molar-refractivity contribution in [2.45, 2.75) is 45.9 Å². The average molecular weight is 419 g/mol. The van der Waals surface area contributed by atoms with Crippen LogP contribution in [0.2, 0.25) is 0 Å². The molecule has 0 radical (unpaired) electrons. The number of imidazole rings is 1. The highest BCUT2D eigenvalue weighted by Crippen LogP contribution is 2.27. The van der Waals surface area contributed by atoms with Gasteiger partial charge in [-0.25, -0.2) is 15.0 Å². The van der Waals surface area contributed by atoms with Crippen molar-refractivity contribution in [1.82, 2.24) is 29.5 Å². The molecule has 3 aromatic heterocycles. The third kappa shape index (κ3) is 4.61. The van der Waals surface area contributed by atoms with Crippen molar-refractivity contribution in [3.63, 3.8) is 0 Å². The minimum absolute atomic E-state index is 0.186. The number of aliphatic hydroxyl groups excluding tert-OH is 1. The topological polar surface area (TPSA) is 114 Å². The molecule has 31 heavy (non-hydrogen) atoms. The Morgan fingerprint density at radius 1 is 1.03 bits per heavy atom. The van der Waals surface area contributed by atoms with E-state index >= 15 is 0 Å². The molecule has 0 aliphatic heterocycles. The highest BCUT2D eigenvalue weighted by molar-refractivity contribution is 5.86. The Balaban J connectivity index is 1.67. The number of anilines is 3. The van der Waals surface area contributed by atoms with Crippen LogP contribution in [0.15, 0.2) is 49.1 Å². The van der Waals surface area contributed by atoms with Gasteiger partial charge < -0.3 is 20.3 Å². The van der Waals surface area contributed by atoms with Gasteiger partial charge in [0.2, 0.25) is 5.95 Å². The van der Waals surface area contributed by atoms with Gasteiger partial charge in [-0.15, -0.1) is 0 Å². The van der Waals surface area contributed by atoms with E-state index in [0.717, 1.165) is 17.7 Å². The van der Waals surface area contributed by atoms with E-state index in [1.165, 1.54) is 0 Å². The molecule has 0 spiro atoms. The Kier molecular flexibility index (Phi) is 6.03. The van der Waals surface area contributed by atoms with Gasteiger partial charge in [-0.3, -0.25) is 0 Å². The van der Waals surface area contributed by atoms with Gasteiger partial charge in [0.15, 0.2) is 22.8 Å². The second-order valence-corrected chi connectivity index (χ2v) is 7.54. The zero-order valence-electron chi connectivity index (χ0n) is 17.8. The summed E-state index contributed by atoms with van der Waals surface area (Å²) in [5, 5.41) is 16.5. The monoisotopic (exact) mass is 418 g/mol. The summed E-state index contributed by atoms with van der Waals surface area (Å²) in [5.74, 6) is 1.59. The van der Waals surface area contributed by atoms with Crippen LogP contribution >= 0.6 is 0 Å². The number of hydrogen-bond acceptors (Lipinski definition) is 8. The first kappa shape index (κ1) is 20.7. The lowest BCUT2D eigenvalue weighted by Crippen LogP contribution is -2.20. The fraction of sp³-hybridized carbons (Fsp3) is 0.318. The second-order valence-electron chi connectivity index (χ2n) is 7.54. The Labute approximate surface area is 180 Å². The van der Waals surface area contributed by atoms with Gasteiger partial charge in [0.1, 0.15) is 6.23 Å². The largest absolute Gasteiger partial charge is 0.374 e. The first-order valence-electron chi connectivity index (χ1n) is 10.4. The number of nitrogens with one attached hydrogen (secondary N) is 2. The van der Waals surface area contributed by atoms with Crippen LogP contribution in [0.5, 0.6) is 0 Å². The van der Waals surface area contributed by atoms with Crippen molar-refractivity contribution in [3.05, 3.63) is 49.1 Å². The summed E-state index contributed by atoms with van der Waals surface area (Å²) in [4.78, 5) is 22.3. The number of hydrogen-bond donors (Lipinski definition) is 3. The van der Waals surface area contributed by atoms with Gasteiger partial charge in [-0.2, -0.15) is 9.97 Å². The van der Waals surface area contributed by atoms with Crippen LogP contribution in [0.3, 0.4) is 0 Å². The van der Waals surface area contributed by atoms with Gasteiger partial charge >= 0.3 is 0 Å². The zero-order chi connectivity index (χ0) is 21.8. The fourth-order valence-electron chi connectivity index (χ4n) is 3.23. The molecule has 9 heteroatoms. The van der Waals surface area contributed by atoms with Crippen molar-refractivity contribution in [3.8, 4) is 11.4 Å². The predicted octanol–water partition coefficient (Wildman–Crippen LogP) is 4.14. The van der Waals surface area contributed by atoms with Gasteiger partial charge in [0, 0.05) is 29.7 Å². The Morgan fingerprint density at radius 3 is 2.45 bits per heavy atom. The molecule has 4 rings (SSSR count). The van der Waals surface area contributed by atoms with E-state index in [1.54, 1.807) is 24.8 Å². The van der Waals surface area contributed by atoms with Gasteiger partial charge in [0.25, 0.3) is 0 Å². The zero-order valence-corrected chi connectivity index (χ0v) is 17.8. The van der Waals surface area contributed by atoms with Crippen molar-refractivity contribution < 1.29 is 5.11 Å². The van der Waals surface area contributed by atoms with Crippen LogP contribution in [-0.4, -0.2) is 40.8 Å². The molecular weight excluding hydrogens is 392 g/mol. The second kappa shape index (κ2) is 9.05. The van der Waals surface area contributed by atoms with Crippen molar-refractivity contribution >= 4 is 28.6 Å². The van der Waals surface area contributed by atoms with Crippen LogP contribution in [0.4, 0.5) is 17.5 Å². The molecule has 0 aliphatic rings. The van der Waals surface area contributed by atoms with Crippen LogP contribution < -0.4 is 10.6 Å². The molecule has 160 valence electrons. The number of aliphatic hydroxyl groups is 1. The third-order valence-electron chi connectivity index (χ3n) is 4.81. The van der Waals surface area contributed by atoms with E-state index < -0.39 is 6.23 Å². The highest BCUT2D eigenvalue weighted by Gasteiger charge is 2.16. The molecule has 0 fully saturated rings. The molecule has 1 aromatic carbocycles. The Bertz CT molecular complexity index is 1140. The van der Waals surface area contributed by atoms with Gasteiger partial charge in [-0.05, 0) is 50.6 Å². The number of aromatic nitrogens is 6. The molecule has 0 bridgehead atoms. The SMILES string of the molecule is CCC[C@@H](O)Nc1nc(Nc2ccc(-c3ncccn3)cc2)c2ncn(C(C)C)c2n1. The van der Waals surface area contributed by atoms with Crippen LogP contribution in [0, 0.1) is 0 Å². The average Bonchev–Trinajstić information content (AvgIpc) is 3.20. The lowest BCUT2D eigenvalue weighted by Gasteiger charge is -2.15. The smallest absolute Gasteiger partial charge is 0.228 e. The summed E-state index contributed by atoms with van der Waals surface area (Å²) >= 11 is 0. The molecule has 0 aliphatic carbocycles. The number of fused-ring (bicyclic) bond motifs is 1. The van der Waals surface area contributed by atoms with Gasteiger partial charge in [0.05, 0.1) is 6.33 Å². The standard InChI is InChI=1S/C22H26N8O/c1-4-6-17(31)27-22-28-20(18-21(29-22)30(13-25-18)14(2)3)26-16-9-7-15(8-10-16)19-23-11-5-12-24-19/h5,7-14,17,31H,4,6H2,1-3H3,(H2,26,27,28,29)/t17-/m1/s1. The molecule has 3 heterocycles. The molecule has 0 unspecified atom stereocenters. The molecule has 0 saturated heterocycles. The van der Waals surface area contributed by atoms with Crippen LogP contribution in [0.25, 0.3) is 22.6 Å². The van der Waals surface area contributed by atoms with E-state index in [9.17, 15) is 5.11 Å². The summed E-state index contributed by atoms with van der Waals surface area (Å²) in [6, 6.07) is 9.77. The maximum atomic E-state index is 10.2. The lowest BCUT2D eigenvalue weighted by molar-refractivity contribution is 0.191. The Hall–Kier alpha value is -3.59. The number of rotatable bonds is 8. The normalized spacial score (nSPS) is 12.3. The quantitative estimate of drug-likeness (QED) is 0.366. The van der Waals surface area contributed by atoms with Crippen molar-refractivity contribution in [2.24, 2.45) is 0 Å². The maximum Gasteiger partial charge on any atom is 0.228 e.